The number of hydrogen-bond donors (Lipinski definition) is 1. The standard InChI is InChI=1S/C11H17N3O/c1-11(5-3-6-12-8-11)10(15)9-4-7-13-14(9)2/h4,7,12H,3,5-6,8H2,1-2H3. The molecule has 1 aromatic rings. The number of aryl methyl sites for hydroxylation is 1. The zero-order valence-electron chi connectivity index (χ0n) is 9.29. The van der Waals surface area contributed by atoms with Crippen molar-refractivity contribution < 1.29 is 4.79 Å². The van der Waals surface area contributed by atoms with Crippen LogP contribution >= 0.6 is 0 Å². The number of nitrogens with one attached hydrogen (secondary N) is 1. The highest BCUT2D eigenvalue weighted by atomic mass is 16.1. The van der Waals surface area contributed by atoms with Crippen molar-refractivity contribution in [1.82, 2.24) is 15.1 Å². The van der Waals surface area contributed by atoms with E-state index in [4.69, 9.17) is 0 Å². The van der Waals surface area contributed by atoms with E-state index in [9.17, 15) is 4.79 Å². The maximum absolute atomic E-state index is 12.3. The lowest BCUT2D eigenvalue weighted by molar-refractivity contribution is 0.0762. The van der Waals surface area contributed by atoms with Crippen molar-refractivity contribution in [2.24, 2.45) is 12.5 Å². The van der Waals surface area contributed by atoms with Gasteiger partial charge in [-0.2, -0.15) is 5.10 Å². The van der Waals surface area contributed by atoms with Crippen LogP contribution in [0.15, 0.2) is 12.3 Å². The highest BCUT2D eigenvalue weighted by Crippen LogP contribution is 2.29. The van der Waals surface area contributed by atoms with Crippen LogP contribution < -0.4 is 5.32 Å². The third kappa shape index (κ3) is 1.81. The van der Waals surface area contributed by atoms with Gasteiger partial charge in [0.25, 0.3) is 0 Å². The van der Waals surface area contributed by atoms with Gasteiger partial charge in [-0.15, -0.1) is 0 Å². The smallest absolute Gasteiger partial charge is 0.187 e. The van der Waals surface area contributed by atoms with Crippen LogP contribution in [0.5, 0.6) is 0 Å². The van der Waals surface area contributed by atoms with Gasteiger partial charge in [-0.1, -0.05) is 6.92 Å². The number of piperidine rings is 1. The lowest BCUT2D eigenvalue weighted by atomic mass is 9.78. The van der Waals surface area contributed by atoms with Gasteiger partial charge in [-0.05, 0) is 25.5 Å². The molecule has 0 aromatic carbocycles. The van der Waals surface area contributed by atoms with Crippen molar-refractivity contribution in [1.29, 1.82) is 0 Å². The molecule has 0 saturated carbocycles. The lowest BCUT2D eigenvalue weighted by Gasteiger charge is -2.32. The van der Waals surface area contributed by atoms with E-state index in [1.165, 1.54) is 0 Å². The van der Waals surface area contributed by atoms with Gasteiger partial charge < -0.3 is 5.32 Å². The predicted octanol–water partition coefficient (Wildman–Crippen LogP) is 0.992. The molecule has 1 atom stereocenters. The first kappa shape index (κ1) is 10.4. The molecule has 0 bridgehead atoms. The summed E-state index contributed by atoms with van der Waals surface area (Å²) in [5.74, 6) is 0.203. The molecule has 1 aliphatic heterocycles. The zero-order chi connectivity index (χ0) is 10.9. The van der Waals surface area contributed by atoms with Crippen molar-refractivity contribution in [2.45, 2.75) is 19.8 Å². The fourth-order valence-electron chi connectivity index (χ4n) is 2.16. The fraction of sp³-hybridized carbons (Fsp3) is 0.636. The van der Waals surface area contributed by atoms with Crippen molar-refractivity contribution in [3.8, 4) is 0 Å². The summed E-state index contributed by atoms with van der Waals surface area (Å²) in [5, 5.41) is 7.33. The summed E-state index contributed by atoms with van der Waals surface area (Å²) in [7, 11) is 1.81. The number of hydrogen-bond acceptors (Lipinski definition) is 3. The molecule has 1 saturated heterocycles. The Morgan fingerprint density at radius 3 is 3.00 bits per heavy atom. The highest BCUT2D eigenvalue weighted by Gasteiger charge is 2.36. The van der Waals surface area contributed by atoms with E-state index in [1.807, 2.05) is 14.0 Å². The van der Waals surface area contributed by atoms with Crippen LogP contribution in [0.4, 0.5) is 0 Å². The summed E-state index contributed by atoms with van der Waals surface area (Å²) in [6, 6.07) is 1.79. The van der Waals surface area contributed by atoms with E-state index in [2.05, 4.69) is 10.4 Å². The average molecular weight is 207 g/mol. The minimum atomic E-state index is -0.258. The van der Waals surface area contributed by atoms with E-state index in [0.29, 0.717) is 5.69 Å². The molecule has 1 N–H and O–H groups in total. The molecule has 82 valence electrons. The SMILES string of the molecule is Cn1nccc1C(=O)C1(C)CCCNC1. The number of Topliss-reactive ketones (excluding diaryl/α,β-unsaturated/α-hetero) is 1. The second-order valence-electron chi connectivity index (χ2n) is 4.51. The Balaban J connectivity index is 2.23. The Morgan fingerprint density at radius 2 is 2.47 bits per heavy atom. The molecule has 4 nitrogen and oxygen atoms in total. The van der Waals surface area contributed by atoms with Gasteiger partial charge in [-0.25, -0.2) is 0 Å². The van der Waals surface area contributed by atoms with Gasteiger partial charge in [0, 0.05) is 25.2 Å². The molecule has 4 heteroatoms. The van der Waals surface area contributed by atoms with E-state index in [1.54, 1.807) is 16.9 Å². The molecule has 1 unspecified atom stereocenters. The molecule has 0 aliphatic carbocycles. The first-order valence-corrected chi connectivity index (χ1v) is 5.37. The zero-order valence-corrected chi connectivity index (χ0v) is 9.29. The van der Waals surface area contributed by atoms with Crippen LogP contribution in [0.1, 0.15) is 30.3 Å². The Hall–Kier alpha value is -1.16. The molecule has 0 radical (unpaired) electrons. The summed E-state index contributed by atoms with van der Waals surface area (Å²) in [4.78, 5) is 12.3. The molecule has 0 spiro atoms. The summed E-state index contributed by atoms with van der Waals surface area (Å²) < 4.78 is 1.65. The quantitative estimate of drug-likeness (QED) is 0.736. The molecular weight excluding hydrogens is 190 g/mol. The normalized spacial score (nSPS) is 26.5. The lowest BCUT2D eigenvalue weighted by Crippen LogP contribution is -2.43. The molecule has 2 heterocycles. The first-order valence-electron chi connectivity index (χ1n) is 5.37. The molecule has 1 aliphatic rings. The Labute approximate surface area is 89.7 Å². The second kappa shape index (κ2) is 3.77. The van der Waals surface area contributed by atoms with Crippen LogP contribution in [-0.2, 0) is 7.05 Å². The third-order valence-electron chi connectivity index (χ3n) is 3.20. The number of rotatable bonds is 2. The van der Waals surface area contributed by atoms with E-state index < -0.39 is 0 Å². The Kier molecular flexibility index (Phi) is 2.61. The van der Waals surface area contributed by atoms with Crippen LogP contribution in [0, 0.1) is 5.41 Å². The minimum Gasteiger partial charge on any atom is -0.316 e. The summed E-state index contributed by atoms with van der Waals surface area (Å²) >= 11 is 0. The van der Waals surface area contributed by atoms with Crippen molar-refractivity contribution in [3.05, 3.63) is 18.0 Å². The van der Waals surface area contributed by atoms with Gasteiger partial charge in [0.05, 0.1) is 0 Å². The largest absolute Gasteiger partial charge is 0.316 e. The van der Waals surface area contributed by atoms with Gasteiger partial charge in [-0.3, -0.25) is 9.48 Å². The number of ketones is 1. The first-order chi connectivity index (χ1) is 7.13. The molecule has 15 heavy (non-hydrogen) atoms. The molecule has 1 fully saturated rings. The topological polar surface area (TPSA) is 46.9 Å². The highest BCUT2D eigenvalue weighted by molar-refractivity contribution is 5.99. The van der Waals surface area contributed by atoms with Crippen LogP contribution in [0.2, 0.25) is 0 Å². The van der Waals surface area contributed by atoms with Crippen LogP contribution in [0.3, 0.4) is 0 Å². The minimum absolute atomic E-state index is 0.203. The monoisotopic (exact) mass is 207 g/mol. The summed E-state index contributed by atoms with van der Waals surface area (Å²) in [5.41, 5.74) is 0.452. The predicted molar refractivity (Wildman–Crippen MR) is 57.7 cm³/mol. The second-order valence-corrected chi connectivity index (χ2v) is 4.51. The van der Waals surface area contributed by atoms with Gasteiger partial charge in [0.15, 0.2) is 5.78 Å². The van der Waals surface area contributed by atoms with Crippen molar-refractivity contribution in [3.63, 3.8) is 0 Å². The van der Waals surface area contributed by atoms with E-state index in [0.717, 1.165) is 25.9 Å². The van der Waals surface area contributed by atoms with Crippen molar-refractivity contribution >= 4 is 5.78 Å². The third-order valence-corrected chi connectivity index (χ3v) is 3.20. The number of nitrogens with zero attached hydrogens (tertiary/aromatic N) is 2. The number of aromatic nitrogens is 2. The maximum atomic E-state index is 12.3. The molecule has 0 amide bonds. The summed E-state index contributed by atoms with van der Waals surface area (Å²) in [6.07, 6.45) is 3.71. The maximum Gasteiger partial charge on any atom is 0.187 e. The van der Waals surface area contributed by atoms with Gasteiger partial charge in [0.1, 0.15) is 5.69 Å². The molecule has 2 rings (SSSR count). The fourth-order valence-corrected chi connectivity index (χ4v) is 2.16. The summed E-state index contributed by atoms with van der Waals surface area (Å²) in [6.45, 7) is 3.83. The van der Waals surface area contributed by atoms with Crippen LogP contribution in [0.25, 0.3) is 0 Å². The van der Waals surface area contributed by atoms with Gasteiger partial charge in [0.2, 0.25) is 0 Å². The molecule has 1 aromatic heterocycles. The number of carbonyl (C=O) groups is 1. The van der Waals surface area contributed by atoms with Crippen LogP contribution in [-0.4, -0.2) is 28.7 Å². The molecular formula is C11H17N3O. The van der Waals surface area contributed by atoms with Crippen molar-refractivity contribution in [2.75, 3.05) is 13.1 Å². The average Bonchev–Trinajstić information content (AvgIpc) is 2.64. The number of carbonyl (C=O) groups excluding carboxylic acids is 1. The van der Waals surface area contributed by atoms with E-state index in [-0.39, 0.29) is 11.2 Å². The Morgan fingerprint density at radius 1 is 1.67 bits per heavy atom. The van der Waals surface area contributed by atoms with Gasteiger partial charge >= 0.3 is 0 Å². The van der Waals surface area contributed by atoms with E-state index >= 15 is 0 Å². The Bertz CT molecular complexity index is 364.